The molecule has 0 radical (unpaired) electrons. The molecule has 14 heavy (non-hydrogen) atoms. The number of phenols is 1. The van der Waals surface area contributed by atoms with Crippen LogP contribution in [0.5, 0.6) is 5.75 Å². The van der Waals surface area contributed by atoms with Crippen molar-refractivity contribution in [3.63, 3.8) is 0 Å². The van der Waals surface area contributed by atoms with Crippen molar-refractivity contribution in [1.82, 2.24) is 0 Å². The first-order chi connectivity index (χ1) is 6.45. The third-order valence-electron chi connectivity index (χ3n) is 2.17. The maximum absolute atomic E-state index is 13.2. The second kappa shape index (κ2) is 3.92. The van der Waals surface area contributed by atoms with Crippen molar-refractivity contribution >= 4 is 0 Å². The van der Waals surface area contributed by atoms with Gasteiger partial charge in [-0.05, 0) is 18.1 Å². The van der Waals surface area contributed by atoms with Crippen LogP contribution in [0.3, 0.4) is 0 Å². The molecule has 0 heterocycles. The van der Waals surface area contributed by atoms with Crippen LogP contribution in [0, 0.1) is 17.6 Å². The molecule has 78 valence electrons. The zero-order chi connectivity index (χ0) is 10.9. The molecule has 1 unspecified atom stereocenters. The molecular formula is C10H13F2NO. The summed E-state index contributed by atoms with van der Waals surface area (Å²) in [6.07, 6.45) is 0. The molecular weight excluding hydrogens is 188 g/mol. The van der Waals surface area contributed by atoms with Crippen molar-refractivity contribution in [3.05, 3.63) is 29.3 Å². The fraction of sp³-hybridized carbons (Fsp3) is 0.400. The number of nitrogens with two attached hydrogens (primary N) is 1. The Balaban J connectivity index is 3.25. The largest absolute Gasteiger partial charge is 0.505 e. The van der Waals surface area contributed by atoms with Gasteiger partial charge < -0.3 is 10.8 Å². The fourth-order valence-electron chi connectivity index (χ4n) is 1.21. The van der Waals surface area contributed by atoms with Crippen molar-refractivity contribution in [2.75, 3.05) is 0 Å². The van der Waals surface area contributed by atoms with E-state index >= 15 is 0 Å². The van der Waals surface area contributed by atoms with E-state index in [2.05, 4.69) is 0 Å². The molecule has 0 aromatic heterocycles. The molecule has 1 aromatic rings. The topological polar surface area (TPSA) is 46.2 Å². The summed E-state index contributed by atoms with van der Waals surface area (Å²) in [6.45, 7) is 3.54. The number of benzene rings is 1. The maximum atomic E-state index is 13.2. The summed E-state index contributed by atoms with van der Waals surface area (Å²) in [5, 5.41) is 9.30. The lowest BCUT2D eigenvalue weighted by Gasteiger charge is -2.18. The Morgan fingerprint density at radius 2 is 1.71 bits per heavy atom. The van der Waals surface area contributed by atoms with Gasteiger partial charge in [0.2, 0.25) is 0 Å². The summed E-state index contributed by atoms with van der Waals surface area (Å²) in [5.74, 6) is -2.29. The van der Waals surface area contributed by atoms with Gasteiger partial charge in [-0.2, -0.15) is 0 Å². The molecule has 1 atom stereocenters. The third kappa shape index (κ3) is 1.85. The standard InChI is InChI=1S/C10H13F2NO/c1-5(2)9(13)8-6(11)3-4-7(12)10(8)14/h3-5,9,14H,13H2,1-2H3. The Morgan fingerprint density at radius 3 is 2.21 bits per heavy atom. The summed E-state index contributed by atoms with van der Waals surface area (Å²) >= 11 is 0. The highest BCUT2D eigenvalue weighted by Crippen LogP contribution is 2.31. The van der Waals surface area contributed by atoms with Gasteiger partial charge in [-0.15, -0.1) is 0 Å². The maximum Gasteiger partial charge on any atom is 0.165 e. The van der Waals surface area contributed by atoms with Crippen molar-refractivity contribution in [3.8, 4) is 5.75 Å². The van der Waals surface area contributed by atoms with E-state index in [1.54, 1.807) is 13.8 Å². The summed E-state index contributed by atoms with van der Waals surface area (Å²) in [4.78, 5) is 0. The minimum absolute atomic E-state index is 0.0720. The molecule has 2 nitrogen and oxygen atoms in total. The Kier molecular flexibility index (Phi) is 3.06. The smallest absolute Gasteiger partial charge is 0.165 e. The fourth-order valence-corrected chi connectivity index (χ4v) is 1.21. The Hall–Kier alpha value is -1.16. The average Bonchev–Trinajstić information content (AvgIpc) is 2.12. The highest BCUT2D eigenvalue weighted by Gasteiger charge is 2.21. The van der Waals surface area contributed by atoms with E-state index in [9.17, 15) is 13.9 Å². The molecule has 1 aromatic carbocycles. The van der Waals surface area contributed by atoms with Gasteiger partial charge in [-0.25, -0.2) is 8.78 Å². The van der Waals surface area contributed by atoms with Gasteiger partial charge in [0.1, 0.15) is 5.82 Å². The lowest BCUT2D eigenvalue weighted by molar-refractivity contribution is 0.394. The second-order valence-electron chi connectivity index (χ2n) is 3.56. The third-order valence-corrected chi connectivity index (χ3v) is 2.17. The summed E-state index contributed by atoms with van der Waals surface area (Å²) in [6, 6.07) is 1.14. The number of rotatable bonds is 2. The summed E-state index contributed by atoms with van der Waals surface area (Å²) in [5.41, 5.74) is 5.49. The Labute approximate surface area is 81.4 Å². The van der Waals surface area contributed by atoms with Crippen LogP contribution in [0.1, 0.15) is 25.5 Å². The quantitative estimate of drug-likeness (QED) is 0.771. The van der Waals surface area contributed by atoms with Crippen LogP contribution in [0.15, 0.2) is 12.1 Å². The molecule has 1 rings (SSSR count). The van der Waals surface area contributed by atoms with E-state index < -0.39 is 23.4 Å². The SMILES string of the molecule is CC(C)C(N)c1c(F)ccc(F)c1O. The van der Waals surface area contributed by atoms with Crippen LogP contribution < -0.4 is 5.73 Å². The average molecular weight is 201 g/mol. The van der Waals surface area contributed by atoms with Crippen molar-refractivity contribution in [2.45, 2.75) is 19.9 Å². The molecule has 4 heteroatoms. The van der Waals surface area contributed by atoms with E-state index in [-0.39, 0.29) is 11.5 Å². The van der Waals surface area contributed by atoms with Crippen LogP contribution in [0.2, 0.25) is 0 Å². The first-order valence-electron chi connectivity index (χ1n) is 4.37. The van der Waals surface area contributed by atoms with E-state index in [1.807, 2.05) is 0 Å². The zero-order valence-corrected chi connectivity index (χ0v) is 8.09. The lowest BCUT2D eigenvalue weighted by atomic mass is 9.95. The number of halogens is 2. The van der Waals surface area contributed by atoms with Crippen molar-refractivity contribution in [1.29, 1.82) is 0 Å². The van der Waals surface area contributed by atoms with Crippen LogP contribution in [0.4, 0.5) is 8.78 Å². The normalized spacial score (nSPS) is 13.3. The molecule has 0 saturated carbocycles. The Morgan fingerprint density at radius 1 is 1.21 bits per heavy atom. The molecule has 0 aliphatic carbocycles. The molecule has 0 aliphatic heterocycles. The molecule has 0 spiro atoms. The van der Waals surface area contributed by atoms with Gasteiger partial charge in [0, 0.05) is 11.6 Å². The molecule has 0 aliphatic rings. The molecule has 0 amide bonds. The monoisotopic (exact) mass is 201 g/mol. The van der Waals surface area contributed by atoms with Crippen molar-refractivity contribution in [2.24, 2.45) is 11.7 Å². The first kappa shape index (κ1) is 10.9. The summed E-state index contributed by atoms with van der Waals surface area (Å²) in [7, 11) is 0. The van der Waals surface area contributed by atoms with Gasteiger partial charge in [-0.1, -0.05) is 13.8 Å². The van der Waals surface area contributed by atoms with E-state index in [1.165, 1.54) is 0 Å². The highest BCUT2D eigenvalue weighted by molar-refractivity contribution is 5.37. The molecule has 0 fully saturated rings. The van der Waals surface area contributed by atoms with Crippen LogP contribution in [-0.2, 0) is 0 Å². The predicted molar refractivity (Wildman–Crippen MR) is 49.8 cm³/mol. The van der Waals surface area contributed by atoms with Gasteiger partial charge in [0.05, 0.1) is 0 Å². The number of hydrogen-bond donors (Lipinski definition) is 2. The van der Waals surface area contributed by atoms with Gasteiger partial charge in [-0.3, -0.25) is 0 Å². The predicted octanol–water partition coefficient (Wildman–Crippen LogP) is 2.33. The van der Waals surface area contributed by atoms with Gasteiger partial charge >= 0.3 is 0 Å². The van der Waals surface area contributed by atoms with Crippen LogP contribution >= 0.6 is 0 Å². The molecule has 0 bridgehead atoms. The lowest BCUT2D eigenvalue weighted by Crippen LogP contribution is -2.18. The second-order valence-corrected chi connectivity index (χ2v) is 3.56. The van der Waals surface area contributed by atoms with Crippen LogP contribution in [-0.4, -0.2) is 5.11 Å². The summed E-state index contributed by atoms with van der Waals surface area (Å²) < 4.78 is 26.1. The van der Waals surface area contributed by atoms with E-state index in [0.29, 0.717) is 0 Å². The minimum atomic E-state index is -0.850. The molecule has 3 N–H and O–H groups in total. The minimum Gasteiger partial charge on any atom is -0.505 e. The molecule has 0 saturated heterocycles. The highest BCUT2D eigenvalue weighted by atomic mass is 19.1. The Bertz CT molecular complexity index is 339. The number of aromatic hydroxyl groups is 1. The zero-order valence-electron chi connectivity index (χ0n) is 8.09. The van der Waals surface area contributed by atoms with Crippen LogP contribution in [0.25, 0.3) is 0 Å². The number of phenolic OH excluding ortho intramolecular Hbond substituents is 1. The van der Waals surface area contributed by atoms with Crippen molar-refractivity contribution < 1.29 is 13.9 Å². The first-order valence-corrected chi connectivity index (χ1v) is 4.37. The van der Waals surface area contributed by atoms with Gasteiger partial charge in [0.15, 0.2) is 11.6 Å². The van der Waals surface area contributed by atoms with Gasteiger partial charge in [0.25, 0.3) is 0 Å². The van der Waals surface area contributed by atoms with E-state index in [4.69, 9.17) is 5.73 Å². The number of hydrogen-bond acceptors (Lipinski definition) is 2. The van der Waals surface area contributed by atoms with E-state index in [0.717, 1.165) is 12.1 Å².